The van der Waals surface area contributed by atoms with Gasteiger partial charge in [-0.05, 0) is 11.6 Å². The van der Waals surface area contributed by atoms with E-state index in [4.69, 9.17) is 0 Å². The fourth-order valence-electron chi connectivity index (χ4n) is 2.41. The van der Waals surface area contributed by atoms with Crippen LogP contribution in [0.1, 0.15) is 11.1 Å². The second-order valence-electron chi connectivity index (χ2n) is 5.54. The van der Waals surface area contributed by atoms with Crippen LogP contribution >= 0.6 is 0 Å². The molecule has 3 aromatic rings. The first-order chi connectivity index (χ1) is 11.2. The van der Waals surface area contributed by atoms with Crippen LogP contribution < -0.4 is 10.2 Å². The molecule has 23 heavy (non-hydrogen) atoms. The largest absolute Gasteiger partial charge is 0.377 e. The Hall–Kier alpha value is -2.89. The van der Waals surface area contributed by atoms with Gasteiger partial charge in [-0.15, -0.1) is 5.10 Å². The molecular weight excluding hydrogens is 288 g/mol. The molecule has 6 nitrogen and oxygen atoms in total. The highest BCUT2D eigenvalue weighted by Gasteiger charge is 2.06. The first-order valence-electron chi connectivity index (χ1n) is 7.50. The summed E-state index contributed by atoms with van der Waals surface area (Å²) in [5.74, 6) is 0.759. The molecule has 1 N–H and O–H groups in total. The Morgan fingerprint density at radius 1 is 1.13 bits per heavy atom. The van der Waals surface area contributed by atoms with Gasteiger partial charge in [0.05, 0.1) is 12.7 Å². The van der Waals surface area contributed by atoms with Gasteiger partial charge in [-0.2, -0.15) is 0 Å². The van der Waals surface area contributed by atoms with Crippen LogP contribution in [0.2, 0.25) is 0 Å². The van der Waals surface area contributed by atoms with Crippen LogP contribution in [0.25, 0.3) is 0 Å². The lowest BCUT2D eigenvalue weighted by Gasteiger charge is -2.16. The van der Waals surface area contributed by atoms with E-state index in [2.05, 4.69) is 37.6 Å². The predicted molar refractivity (Wildman–Crippen MR) is 91.5 cm³/mol. The Balaban J connectivity index is 1.64. The third-order valence-corrected chi connectivity index (χ3v) is 3.55. The molecule has 0 saturated heterocycles. The first-order valence-corrected chi connectivity index (χ1v) is 7.50. The number of nitrogens with one attached hydrogen (secondary N) is 1. The van der Waals surface area contributed by atoms with Crippen molar-refractivity contribution in [1.29, 1.82) is 0 Å². The number of aromatic nitrogens is 4. The summed E-state index contributed by atoms with van der Waals surface area (Å²) < 4.78 is 1.83. The maximum absolute atomic E-state index is 4.19. The Labute approximate surface area is 135 Å². The molecule has 0 fully saturated rings. The maximum Gasteiger partial charge on any atom is 0.168 e. The molecule has 2 aromatic heterocycles. The van der Waals surface area contributed by atoms with Crippen molar-refractivity contribution in [3.05, 3.63) is 66.1 Å². The van der Waals surface area contributed by atoms with E-state index in [9.17, 15) is 0 Å². The number of pyridine rings is 1. The van der Waals surface area contributed by atoms with Gasteiger partial charge in [0.1, 0.15) is 0 Å². The van der Waals surface area contributed by atoms with E-state index in [1.807, 2.05) is 55.4 Å². The zero-order valence-corrected chi connectivity index (χ0v) is 13.3. The van der Waals surface area contributed by atoms with E-state index in [1.54, 1.807) is 6.20 Å². The number of hydrogen-bond acceptors (Lipinski definition) is 5. The average molecular weight is 308 g/mol. The second-order valence-corrected chi connectivity index (χ2v) is 5.54. The third kappa shape index (κ3) is 3.85. The molecule has 0 amide bonds. The molecule has 0 aliphatic heterocycles. The van der Waals surface area contributed by atoms with Gasteiger partial charge in [0.2, 0.25) is 0 Å². The normalized spacial score (nSPS) is 10.5. The molecule has 0 spiro atoms. The molecule has 0 saturated carbocycles. The van der Waals surface area contributed by atoms with Crippen LogP contribution in [-0.2, 0) is 13.1 Å². The summed E-state index contributed by atoms with van der Waals surface area (Å²) in [5, 5.41) is 11.6. The number of hydrogen-bond donors (Lipinski definition) is 1. The number of rotatable bonds is 6. The number of nitrogens with zero attached hydrogens (tertiary/aromatic N) is 5. The van der Waals surface area contributed by atoms with Crippen molar-refractivity contribution in [3.63, 3.8) is 0 Å². The summed E-state index contributed by atoms with van der Waals surface area (Å²) in [6, 6.07) is 12.2. The molecule has 0 bridgehead atoms. The van der Waals surface area contributed by atoms with E-state index in [0.29, 0.717) is 13.1 Å². The summed E-state index contributed by atoms with van der Waals surface area (Å²) in [4.78, 5) is 6.27. The molecule has 6 heteroatoms. The van der Waals surface area contributed by atoms with Crippen molar-refractivity contribution in [2.45, 2.75) is 13.1 Å². The van der Waals surface area contributed by atoms with Crippen molar-refractivity contribution >= 4 is 11.5 Å². The minimum absolute atomic E-state index is 0.658. The van der Waals surface area contributed by atoms with Crippen LogP contribution in [0.15, 0.2) is 55.0 Å². The van der Waals surface area contributed by atoms with Gasteiger partial charge < -0.3 is 10.2 Å². The minimum atomic E-state index is 0.658. The molecule has 2 heterocycles. The molecule has 0 radical (unpaired) electrons. The van der Waals surface area contributed by atoms with Crippen molar-refractivity contribution in [2.75, 3.05) is 24.3 Å². The van der Waals surface area contributed by atoms with Crippen LogP contribution in [-0.4, -0.2) is 34.1 Å². The van der Waals surface area contributed by atoms with Gasteiger partial charge in [-0.3, -0.25) is 4.98 Å². The molecule has 0 aliphatic carbocycles. The average Bonchev–Trinajstić information content (AvgIpc) is 3.01. The zero-order valence-electron chi connectivity index (χ0n) is 13.3. The smallest absolute Gasteiger partial charge is 0.168 e. The Morgan fingerprint density at radius 3 is 2.74 bits per heavy atom. The van der Waals surface area contributed by atoms with Gasteiger partial charge in [-0.25, -0.2) is 4.68 Å². The quantitative estimate of drug-likeness (QED) is 0.758. The summed E-state index contributed by atoms with van der Waals surface area (Å²) in [6.07, 6.45) is 5.59. The van der Waals surface area contributed by atoms with Crippen LogP contribution in [0.3, 0.4) is 0 Å². The van der Waals surface area contributed by atoms with E-state index in [-0.39, 0.29) is 0 Å². The van der Waals surface area contributed by atoms with Crippen molar-refractivity contribution in [1.82, 2.24) is 20.0 Å². The van der Waals surface area contributed by atoms with Crippen LogP contribution in [0.4, 0.5) is 11.5 Å². The predicted octanol–water partition coefficient (Wildman–Crippen LogP) is 2.40. The van der Waals surface area contributed by atoms with Gasteiger partial charge in [0, 0.05) is 44.3 Å². The first kappa shape index (κ1) is 15.0. The Morgan fingerprint density at radius 2 is 1.96 bits per heavy atom. The van der Waals surface area contributed by atoms with Crippen molar-refractivity contribution in [3.8, 4) is 0 Å². The second kappa shape index (κ2) is 6.91. The maximum atomic E-state index is 4.19. The Kier molecular flexibility index (Phi) is 4.52. The fraction of sp³-hybridized carbons (Fsp3) is 0.235. The molecule has 0 atom stereocenters. The monoisotopic (exact) mass is 308 g/mol. The summed E-state index contributed by atoms with van der Waals surface area (Å²) in [7, 11) is 4.05. The lowest BCUT2D eigenvalue weighted by Crippen LogP contribution is -2.13. The molecule has 0 aliphatic rings. The van der Waals surface area contributed by atoms with Gasteiger partial charge in [0.15, 0.2) is 5.82 Å². The highest BCUT2D eigenvalue weighted by molar-refractivity contribution is 5.52. The fourth-order valence-corrected chi connectivity index (χ4v) is 2.41. The Bertz CT molecular complexity index is 751. The molecule has 118 valence electrons. The lowest BCUT2D eigenvalue weighted by atomic mass is 10.2. The zero-order chi connectivity index (χ0) is 16.1. The molecule has 1 aromatic carbocycles. The topological polar surface area (TPSA) is 58.9 Å². The van der Waals surface area contributed by atoms with Gasteiger partial charge in [-0.1, -0.05) is 35.5 Å². The minimum Gasteiger partial charge on any atom is -0.377 e. The van der Waals surface area contributed by atoms with Crippen LogP contribution in [0.5, 0.6) is 0 Å². The third-order valence-electron chi connectivity index (χ3n) is 3.55. The summed E-state index contributed by atoms with van der Waals surface area (Å²) >= 11 is 0. The van der Waals surface area contributed by atoms with E-state index in [1.165, 1.54) is 5.56 Å². The van der Waals surface area contributed by atoms with Crippen molar-refractivity contribution in [2.24, 2.45) is 0 Å². The molecular formula is C17H20N6. The summed E-state index contributed by atoms with van der Waals surface area (Å²) in [6.45, 7) is 1.37. The lowest BCUT2D eigenvalue weighted by molar-refractivity contribution is 0.650. The number of anilines is 2. The van der Waals surface area contributed by atoms with Gasteiger partial charge in [0.25, 0.3) is 0 Å². The van der Waals surface area contributed by atoms with E-state index >= 15 is 0 Å². The highest BCUT2D eigenvalue weighted by atomic mass is 15.4. The highest BCUT2D eigenvalue weighted by Crippen LogP contribution is 2.17. The van der Waals surface area contributed by atoms with Gasteiger partial charge >= 0.3 is 0 Å². The SMILES string of the molecule is CN(C)c1ccncc1CNc1cn(Cc2ccccc2)nn1. The van der Waals surface area contributed by atoms with E-state index < -0.39 is 0 Å². The summed E-state index contributed by atoms with van der Waals surface area (Å²) in [5.41, 5.74) is 3.46. The van der Waals surface area contributed by atoms with E-state index in [0.717, 1.165) is 17.1 Å². The molecule has 0 unspecified atom stereocenters. The van der Waals surface area contributed by atoms with Crippen LogP contribution in [0, 0.1) is 0 Å². The standard InChI is InChI=1S/C17H20N6/c1-22(2)16-8-9-18-10-15(16)11-19-17-13-23(21-20-17)12-14-6-4-3-5-7-14/h3-10,13,19H,11-12H2,1-2H3. The van der Waals surface area contributed by atoms with Crippen molar-refractivity contribution < 1.29 is 0 Å². The molecule has 3 rings (SSSR count). The number of benzene rings is 1.